The van der Waals surface area contributed by atoms with Crippen LogP contribution in [0.3, 0.4) is 0 Å². The Labute approximate surface area is 138 Å². The Morgan fingerprint density at radius 2 is 1.95 bits per heavy atom. The minimum atomic E-state index is 0.0589. The SMILES string of the molecule is Cc1sc2nc(Cl)nc(N(C)CCO)c2c1-c1ccccc1. The Morgan fingerprint density at radius 3 is 2.64 bits per heavy atom. The highest BCUT2D eigenvalue weighted by Crippen LogP contribution is 2.41. The molecular weight excluding hydrogens is 318 g/mol. The number of thiophene rings is 1. The zero-order valence-corrected chi connectivity index (χ0v) is 13.9. The average Bonchev–Trinajstić information content (AvgIpc) is 2.83. The van der Waals surface area contributed by atoms with Crippen LogP contribution in [0.15, 0.2) is 30.3 Å². The lowest BCUT2D eigenvalue weighted by molar-refractivity contribution is 0.304. The lowest BCUT2D eigenvalue weighted by atomic mass is 10.0. The molecule has 0 bridgehead atoms. The van der Waals surface area contributed by atoms with Gasteiger partial charge >= 0.3 is 0 Å². The fourth-order valence-electron chi connectivity index (χ4n) is 2.55. The lowest BCUT2D eigenvalue weighted by Crippen LogP contribution is -2.22. The topological polar surface area (TPSA) is 49.2 Å². The molecule has 1 N–H and O–H groups in total. The number of hydrogen-bond donors (Lipinski definition) is 1. The molecule has 4 nitrogen and oxygen atoms in total. The van der Waals surface area contributed by atoms with Gasteiger partial charge in [0.05, 0.1) is 12.0 Å². The monoisotopic (exact) mass is 333 g/mol. The van der Waals surface area contributed by atoms with Gasteiger partial charge in [0.1, 0.15) is 10.6 Å². The average molecular weight is 334 g/mol. The summed E-state index contributed by atoms with van der Waals surface area (Å²) in [5, 5.41) is 10.4. The third-order valence-corrected chi connectivity index (χ3v) is 4.71. The van der Waals surface area contributed by atoms with Gasteiger partial charge in [0.15, 0.2) is 0 Å². The zero-order valence-electron chi connectivity index (χ0n) is 12.4. The van der Waals surface area contributed by atoms with Crippen molar-refractivity contribution in [2.75, 3.05) is 25.1 Å². The number of aliphatic hydroxyl groups excluding tert-OH is 1. The molecule has 0 amide bonds. The molecule has 0 fully saturated rings. The molecule has 0 radical (unpaired) electrons. The molecule has 114 valence electrons. The molecule has 0 spiro atoms. The second kappa shape index (κ2) is 6.20. The van der Waals surface area contributed by atoms with Crippen LogP contribution in [-0.4, -0.2) is 35.3 Å². The third-order valence-electron chi connectivity index (χ3n) is 3.54. The smallest absolute Gasteiger partial charge is 0.225 e. The molecule has 2 heterocycles. The Morgan fingerprint density at radius 1 is 1.23 bits per heavy atom. The van der Waals surface area contributed by atoms with E-state index in [4.69, 9.17) is 11.6 Å². The second-order valence-corrected chi connectivity index (χ2v) is 6.58. The van der Waals surface area contributed by atoms with Gasteiger partial charge < -0.3 is 10.0 Å². The van der Waals surface area contributed by atoms with Gasteiger partial charge in [-0.2, -0.15) is 4.98 Å². The molecular formula is C16H16ClN3OS. The number of anilines is 1. The van der Waals surface area contributed by atoms with Crippen LogP contribution in [0.2, 0.25) is 5.28 Å². The molecule has 0 unspecified atom stereocenters. The molecule has 3 aromatic rings. The van der Waals surface area contributed by atoms with Crippen LogP contribution < -0.4 is 4.90 Å². The lowest BCUT2D eigenvalue weighted by Gasteiger charge is -2.18. The Bertz CT molecular complexity index is 804. The maximum Gasteiger partial charge on any atom is 0.225 e. The van der Waals surface area contributed by atoms with Gasteiger partial charge in [-0.25, -0.2) is 4.98 Å². The molecule has 2 aromatic heterocycles. The molecule has 22 heavy (non-hydrogen) atoms. The van der Waals surface area contributed by atoms with Crippen molar-refractivity contribution in [1.82, 2.24) is 9.97 Å². The van der Waals surface area contributed by atoms with Gasteiger partial charge in [-0.15, -0.1) is 11.3 Å². The van der Waals surface area contributed by atoms with Crippen LogP contribution in [0.1, 0.15) is 4.88 Å². The Hall–Kier alpha value is -1.69. The molecule has 1 aromatic carbocycles. The van der Waals surface area contributed by atoms with Crippen molar-refractivity contribution in [2.45, 2.75) is 6.92 Å². The molecule has 0 aliphatic carbocycles. The van der Waals surface area contributed by atoms with E-state index in [1.54, 1.807) is 11.3 Å². The first-order chi connectivity index (χ1) is 10.6. The van der Waals surface area contributed by atoms with Crippen molar-refractivity contribution < 1.29 is 5.11 Å². The Kier molecular flexibility index (Phi) is 4.29. The summed E-state index contributed by atoms with van der Waals surface area (Å²) < 4.78 is 0. The molecule has 3 rings (SSSR count). The highest BCUT2D eigenvalue weighted by molar-refractivity contribution is 7.19. The van der Waals surface area contributed by atoms with E-state index in [9.17, 15) is 5.11 Å². The summed E-state index contributed by atoms with van der Waals surface area (Å²) in [6.07, 6.45) is 0. The van der Waals surface area contributed by atoms with Gasteiger partial charge in [-0.1, -0.05) is 30.3 Å². The van der Waals surface area contributed by atoms with Crippen LogP contribution in [0, 0.1) is 6.92 Å². The quantitative estimate of drug-likeness (QED) is 0.739. The second-order valence-electron chi connectivity index (χ2n) is 5.04. The summed E-state index contributed by atoms with van der Waals surface area (Å²) in [5.41, 5.74) is 2.27. The van der Waals surface area contributed by atoms with E-state index in [0.717, 1.165) is 27.2 Å². The molecule has 0 saturated carbocycles. The van der Waals surface area contributed by atoms with Crippen molar-refractivity contribution >= 4 is 39.0 Å². The summed E-state index contributed by atoms with van der Waals surface area (Å²) in [7, 11) is 1.90. The number of nitrogens with zero attached hydrogens (tertiary/aromatic N) is 3. The minimum absolute atomic E-state index is 0.0589. The van der Waals surface area contributed by atoms with Crippen molar-refractivity contribution in [3.05, 3.63) is 40.5 Å². The molecule has 0 aliphatic heterocycles. The van der Waals surface area contributed by atoms with Gasteiger partial charge in [0.25, 0.3) is 0 Å². The predicted molar refractivity (Wildman–Crippen MR) is 93.0 cm³/mol. The van der Waals surface area contributed by atoms with Crippen molar-refractivity contribution in [3.8, 4) is 11.1 Å². The first kappa shape index (κ1) is 15.2. The van der Waals surface area contributed by atoms with Crippen LogP contribution in [0.25, 0.3) is 21.3 Å². The standard InChI is InChI=1S/C16H16ClN3OS/c1-10-12(11-6-4-3-5-7-11)13-14(20(2)8-9-21)18-16(17)19-15(13)22-10/h3-7,21H,8-9H2,1-2H3. The summed E-state index contributed by atoms with van der Waals surface area (Å²) in [6, 6.07) is 10.2. The number of halogens is 1. The van der Waals surface area contributed by atoms with Crippen LogP contribution in [0.5, 0.6) is 0 Å². The molecule has 0 atom stereocenters. The molecule has 6 heteroatoms. The number of aromatic nitrogens is 2. The first-order valence-corrected chi connectivity index (χ1v) is 8.15. The normalized spacial score (nSPS) is 11.1. The third kappa shape index (κ3) is 2.67. The largest absolute Gasteiger partial charge is 0.395 e. The van der Waals surface area contributed by atoms with Crippen LogP contribution >= 0.6 is 22.9 Å². The molecule has 0 aliphatic rings. The van der Waals surface area contributed by atoms with Gasteiger partial charge in [0.2, 0.25) is 5.28 Å². The molecule has 0 saturated heterocycles. The number of likely N-dealkylation sites (N-methyl/N-ethyl adjacent to an activating group) is 1. The first-order valence-electron chi connectivity index (χ1n) is 6.96. The minimum Gasteiger partial charge on any atom is -0.395 e. The van der Waals surface area contributed by atoms with Crippen molar-refractivity contribution in [2.24, 2.45) is 0 Å². The van der Waals surface area contributed by atoms with Crippen LogP contribution in [0.4, 0.5) is 5.82 Å². The van der Waals surface area contributed by atoms with Gasteiger partial charge in [0, 0.05) is 24.0 Å². The summed E-state index contributed by atoms with van der Waals surface area (Å²) in [5.74, 6) is 0.757. The van der Waals surface area contributed by atoms with Gasteiger partial charge in [-0.3, -0.25) is 0 Å². The van der Waals surface area contributed by atoms with Crippen molar-refractivity contribution in [1.29, 1.82) is 0 Å². The van der Waals surface area contributed by atoms with E-state index in [2.05, 4.69) is 29.0 Å². The number of fused-ring (bicyclic) bond motifs is 1. The number of aliphatic hydroxyl groups is 1. The van der Waals surface area contributed by atoms with E-state index in [1.165, 1.54) is 4.88 Å². The maximum absolute atomic E-state index is 9.22. The predicted octanol–water partition coefficient (Wildman–Crippen LogP) is 3.75. The number of benzene rings is 1. The zero-order chi connectivity index (χ0) is 15.7. The maximum atomic E-state index is 9.22. The van der Waals surface area contributed by atoms with Crippen LogP contribution in [-0.2, 0) is 0 Å². The van der Waals surface area contributed by atoms with Crippen molar-refractivity contribution in [3.63, 3.8) is 0 Å². The van der Waals surface area contributed by atoms with E-state index in [-0.39, 0.29) is 11.9 Å². The highest BCUT2D eigenvalue weighted by atomic mass is 35.5. The van der Waals surface area contributed by atoms with E-state index >= 15 is 0 Å². The van der Waals surface area contributed by atoms with E-state index in [1.807, 2.05) is 30.1 Å². The fourth-order valence-corrected chi connectivity index (χ4v) is 3.81. The van der Waals surface area contributed by atoms with E-state index < -0.39 is 0 Å². The number of aryl methyl sites for hydroxylation is 1. The Balaban J connectivity index is 2.31. The van der Waals surface area contributed by atoms with E-state index in [0.29, 0.717) is 6.54 Å². The summed E-state index contributed by atoms with van der Waals surface area (Å²) >= 11 is 7.68. The number of hydrogen-bond acceptors (Lipinski definition) is 5. The van der Waals surface area contributed by atoms with Gasteiger partial charge in [-0.05, 0) is 24.1 Å². The highest BCUT2D eigenvalue weighted by Gasteiger charge is 2.19. The summed E-state index contributed by atoms with van der Waals surface area (Å²) in [6.45, 7) is 2.63. The fraction of sp³-hybridized carbons (Fsp3) is 0.250. The number of rotatable bonds is 4. The summed E-state index contributed by atoms with van der Waals surface area (Å²) in [4.78, 5) is 12.7.